The highest BCUT2D eigenvalue weighted by atomic mass is 16.3. The highest BCUT2D eigenvalue weighted by Crippen LogP contribution is 2.27. The minimum absolute atomic E-state index is 0.0548. The van der Waals surface area contributed by atoms with Crippen molar-refractivity contribution in [3.8, 4) is 0 Å². The smallest absolute Gasteiger partial charge is 0.223 e. The first-order chi connectivity index (χ1) is 6.69. The van der Waals surface area contributed by atoms with Gasteiger partial charge in [-0.2, -0.15) is 0 Å². The molecule has 82 valence electrons. The van der Waals surface area contributed by atoms with Crippen LogP contribution in [-0.4, -0.2) is 41.7 Å². The second-order valence-electron chi connectivity index (χ2n) is 4.09. The van der Waals surface area contributed by atoms with Crippen molar-refractivity contribution in [1.82, 2.24) is 4.90 Å². The third-order valence-electron chi connectivity index (χ3n) is 2.57. The highest BCUT2D eigenvalue weighted by Gasteiger charge is 2.32. The summed E-state index contributed by atoms with van der Waals surface area (Å²) in [4.78, 5) is 13.5. The molecule has 0 aliphatic heterocycles. The SMILES string of the molecule is CC(CN)CC(=O)N(CCO)C1CC1. The molecule has 0 aromatic carbocycles. The van der Waals surface area contributed by atoms with Crippen LogP contribution in [-0.2, 0) is 4.79 Å². The van der Waals surface area contributed by atoms with Crippen LogP contribution in [0.15, 0.2) is 0 Å². The number of nitrogens with zero attached hydrogens (tertiary/aromatic N) is 1. The summed E-state index contributed by atoms with van der Waals surface area (Å²) in [5.41, 5.74) is 5.47. The van der Waals surface area contributed by atoms with Crippen molar-refractivity contribution in [2.75, 3.05) is 19.7 Å². The predicted molar refractivity (Wildman–Crippen MR) is 54.7 cm³/mol. The summed E-state index contributed by atoms with van der Waals surface area (Å²) < 4.78 is 0. The van der Waals surface area contributed by atoms with Gasteiger partial charge in [-0.25, -0.2) is 0 Å². The zero-order valence-corrected chi connectivity index (χ0v) is 8.78. The van der Waals surface area contributed by atoms with Gasteiger partial charge in [-0.15, -0.1) is 0 Å². The van der Waals surface area contributed by atoms with E-state index in [1.165, 1.54) is 0 Å². The van der Waals surface area contributed by atoms with Gasteiger partial charge >= 0.3 is 0 Å². The fourth-order valence-corrected chi connectivity index (χ4v) is 1.50. The van der Waals surface area contributed by atoms with E-state index in [1.807, 2.05) is 6.92 Å². The summed E-state index contributed by atoms with van der Waals surface area (Å²) in [5, 5.41) is 8.83. The highest BCUT2D eigenvalue weighted by molar-refractivity contribution is 5.77. The molecule has 0 heterocycles. The summed E-state index contributed by atoms with van der Waals surface area (Å²) in [6, 6.07) is 0.389. The van der Waals surface area contributed by atoms with Crippen LogP contribution in [0.3, 0.4) is 0 Å². The van der Waals surface area contributed by atoms with Crippen LogP contribution in [0.5, 0.6) is 0 Å². The molecule has 1 unspecified atom stereocenters. The fraction of sp³-hybridized carbons (Fsp3) is 0.900. The monoisotopic (exact) mass is 200 g/mol. The molecule has 4 nitrogen and oxygen atoms in total. The Balaban J connectivity index is 2.37. The number of amides is 1. The number of hydrogen-bond donors (Lipinski definition) is 2. The largest absolute Gasteiger partial charge is 0.395 e. The van der Waals surface area contributed by atoms with Gasteiger partial charge in [0.25, 0.3) is 0 Å². The maximum absolute atomic E-state index is 11.7. The van der Waals surface area contributed by atoms with E-state index < -0.39 is 0 Å². The molecule has 1 aliphatic rings. The second kappa shape index (κ2) is 5.32. The summed E-state index contributed by atoms with van der Waals surface area (Å²) >= 11 is 0. The molecule has 1 rings (SSSR count). The van der Waals surface area contributed by atoms with E-state index in [4.69, 9.17) is 10.8 Å². The molecular formula is C10H20N2O2. The minimum atomic E-state index is 0.0548. The van der Waals surface area contributed by atoms with Gasteiger partial charge in [-0.3, -0.25) is 4.79 Å². The second-order valence-corrected chi connectivity index (χ2v) is 4.09. The van der Waals surface area contributed by atoms with Crippen LogP contribution in [0, 0.1) is 5.92 Å². The van der Waals surface area contributed by atoms with Crippen molar-refractivity contribution in [3.05, 3.63) is 0 Å². The minimum Gasteiger partial charge on any atom is -0.395 e. The summed E-state index contributed by atoms with van der Waals surface area (Å²) in [5.74, 6) is 0.377. The summed E-state index contributed by atoms with van der Waals surface area (Å²) in [7, 11) is 0. The van der Waals surface area contributed by atoms with Crippen LogP contribution >= 0.6 is 0 Å². The van der Waals surface area contributed by atoms with Crippen LogP contribution < -0.4 is 5.73 Å². The van der Waals surface area contributed by atoms with E-state index in [2.05, 4.69) is 0 Å². The lowest BCUT2D eigenvalue weighted by atomic mass is 10.1. The van der Waals surface area contributed by atoms with Crippen LogP contribution in [0.1, 0.15) is 26.2 Å². The average Bonchev–Trinajstić information content (AvgIpc) is 2.97. The molecular weight excluding hydrogens is 180 g/mol. The number of carbonyl (C=O) groups is 1. The molecule has 1 fully saturated rings. The van der Waals surface area contributed by atoms with Gasteiger partial charge in [0, 0.05) is 19.0 Å². The lowest BCUT2D eigenvalue weighted by Crippen LogP contribution is -2.36. The Morgan fingerprint density at radius 3 is 2.71 bits per heavy atom. The lowest BCUT2D eigenvalue weighted by molar-refractivity contribution is -0.133. The van der Waals surface area contributed by atoms with Crippen LogP contribution in [0.25, 0.3) is 0 Å². The molecule has 14 heavy (non-hydrogen) atoms. The molecule has 0 aromatic heterocycles. The standard InChI is InChI=1S/C10H20N2O2/c1-8(7-11)6-10(14)12(4-5-13)9-2-3-9/h8-9,13H,2-7,11H2,1H3. The number of hydrogen-bond acceptors (Lipinski definition) is 3. The third-order valence-corrected chi connectivity index (χ3v) is 2.57. The van der Waals surface area contributed by atoms with Crippen molar-refractivity contribution >= 4 is 5.91 Å². The topological polar surface area (TPSA) is 66.6 Å². The Hall–Kier alpha value is -0.610. The van der Waals surface area contributed by atoms with Gasteiger partial charge in [0.1, 0.15) is 0 Å². The Morgan fingerprint density at radius 1 is 1.64 bits per heavy atom. The van der Waals surface area contributed by atoms with Gasteiger partial charge in [-0.1, -0.05) is 6.92 Å². The molecule has 1 atom stereocenters. The molecule has 4 heteroatoms. The maximum Gasteiger partial charge on any atom is 0.223 e. The Bertz CT molecular complexity index is 193. The first-order valence-electron chi connectivity index (χ1n) is 5.29. The third kappa shape index (κ3) is 3.27. The van der Waals surface area contributed by atoms with Crippen molar-refractivity contribution in [1.29, 1.82) is 0 Å². The zero-order chi connectivity index (χ0) is 10.6. The Kier molecular flexibility index (Phi) is 4.35. The number of rotatable bonds is 6. The first kappa shape index (κ1) is 11.5. The van der Waals surface area contributed by atoms with Gasteiger partial charge < -0.3 is 15.7 Å². The molecule has 0 aromatic rings. The van der Waals surface area contributed by atoms with Gasteiger partial charge in [0.2, 0.25) is 5.91 Å². The van der Waals surface area contributed by atoms with Crippen LogP contribution in [0.4, 0.5) is 0 Å². The van der Waals surface area contributed by atoms with Gasteiger partial charge in [0.15, 0.2) is 0 Å². The van der Waals surface area contributed by atoms with E-state index >= 15 is 0 Å². The van der Waals surface area contributed by atoms with E-state index in [1.54, 1.807) is 4.90 Å². The molecule has 3 N–H and O–H groups in total. The normalized spacial score (nSPS) is 17.9. The average molecular weight is 200 g/mol. The molecule has 0 bridgehead atoms. The molecule has 0 saturated heterocycles. The van der Waals surface area contributed by atoms with Gasteiger partial charge in [-0.05, 0) is 25.3 Å². The van der Waals surface area contributed by atoms with Crippen molar-refractivity contribution < 1.29 is 9.90 Å². The van der Waals surface area contributed by atoms with Crippen molar-refractivity contribution in [2.24, 2.45) is 11.7 Å². The lowest BCUT2D eigenvalue weighted by Gasteiger charge is -2.22. The van der Waals surface area contributed by atoms with E-state index in [9.17, 15) is 4.79 Å². The molecule has 0 spiro atoms. The summed E-state index contributed by atoms with van der Waals surface area (Å²) in [6.45, 7) is 3.05. The number of aliphatic hydroxyl groups excluding tert-OH is 1. The predicted octanol–water partition coefficient (Wildman–Crippen LogP) is -0.0454. The Labute approximate surface area is 85.1 Å². The molecule has 0 radical (unpaired) electrons. The zero-order valence-electron chi connectivity index (χ0n) is 8.78. The van der Waals surface area contributed by atoms with E-state index in [-0.39, 0.29) is 18.4 Å². The van der Waals surface area contributed by atoms with Crippen molar-refractivity contribution in [3.63, 3.8) is 0 Å². The van der Waals surface area contributed by atoms with Crippen molar-refractivity contribution in [2.45, 2.75) is 32.2 Å². The summed E-state index contributed by atoms with van der Waals surface area (Å²) in [6.07, 6.45) is 2.68. The number of nitrogens with two attached hydrogens (primary N) is 1. The molecule has 1 amide bonds. The van der Waals surface area contributed by atoms with Gasteiger partial charge in [0.05, 0.1) is 6.61 Å². The number of aliphatic hydroxyl groups is 1. The fourth-order valence-electron chi connectivity index (χ4n) is 1.50. The first-order valence-corrected chi connectivity index (χ1v) is 5.29. The van der Waals surface area contributed by atoms with E-state index in [0.29, 0.717) is 25.6 Å². The van der Waals surface area contributed by atoms with E-state index in [0.717, 1.165) is 12.8 Å². The van der Waals surface area contributed by atoms with Crippen LogP contribution in [0.2, 0.25) is 0 Å². The quantitative estimate of drug-likeness (QED) is 0.632. The Morgan fingerprint density at radius 2 is 2.29 bits per heavy atom. The molecule has 1 saturated carbocycles. The number of carbonyl (C=O) groups excluding carboxylic acids is 1. The molecule has 1 aliphatic carbocycles. The maximum atomic E-state index is 11.7.